The fraction of sp³-hybridized carbons (Fsp3) is 0.400. The highest BCUT2D eigenvalue weighted by Gasteiger charge is 2.23. The summed E-state index contributed by atoms with van der Waals surface area (Å²) < 4.78 is 0.964. The fourth-order valence-electron chi connectivity index (χ4n) is 1.56. The van der Waals surface area contributed by atoms with E-state index in [9.17, 15) is 0 Å². The van der Waals surface area contributed by atoms with Crippen LogP contribution in [0, 0.1) is 0 Å². The van der Waals surface area contributed by atoms with Crippen LogP contribution in [0.3, 0.4) is 0 Å². The van der Waals surface area contributed by atoms with Gasteiger partial charge >= 0.3 is 0 Å². The molecule has 1 aromatic carbocycles. The molecule has 0 spiro atoms. The second-order valence-electron chi connectivity index (χ2n) is 3.43. The first-order valence-corrected chi connectivity index (χ1v) is 5.57. The molecule has 0 N–H and O–H groups in total. The van der Waals surface area contributed by atoms with Crippen LogP contribution in [0.25, 0.3) is 0 Å². The molecule has 0 bridgehead atoms. The largest absolute Gasteiger partial charge is 0.369 e. The van der Waals surface area contributed by atoms with Crippen LogP contribution in [-0.4, -0.2) is 12.6 Å². The lowest BCUT2D eigenvalue weighted by Gasteiger charge is -2.40. The zero-order chi connectivity index (χ0) is 9.42. The van der Waals surface area contributed by atoms with Crippen molar-refractivity contribution in [1.29, 1.82) is 0 Å². The van der Waals surface area contributed by atoms with Gasteiger partial charge in [0.1, 0.15) is 0 Å². The van der Waals surface area contributed by atoms with E-state index in [1.807, 2.05) is 12.1 Å². The van der Waals surface area contributed by atoms with E-state index < -0.39 is 0 Å². The van der Waals surface area contributed by atoms with Gasteiger partial charge in [-0.3, -0.25) is 0 Å². The number of nitrogens with zero attached hydrogens (tertiary/aromatic N) is 1. The first-order valence-electron chi connectivity index (χ1n) is 4.40. The topological polar surface area (TPSA) is 3.24 Å². The molecule has 1 fully saturated rings. The second-order valence-corrected chi connectivity index (χ2v) is 4.69. The molecule has 0 aromatic heterocycles. The monoisotopic (exact) mass is 259 g/mol. The highest BCUT2D eigenvalue weighted by atomic mass is 79.9. The standard InChI is InChI=1S/C10H11BrClN/c1-7-4-5-13(7)8-2-3-9(11)10(12)6-8/h2-3,6-7H,4-5H2,1H3. The quantitative estimate of drug-likeness (QED) is 0.744. The summed E-state index contributed by atoms with van der Waals surface area (Å²) >= 11 is 9.40. The van der Waals surface area contributed by atoms with Crippen LogP contribution in [0.5, 0.6) is 0 Å². The number of halogens is 2. The SMILES string of the molecule is CC1CCN1c1ccc(Br)c(Cl)c1. The lowest BCUT2D eigenvalue weighted by molar-refractivity contribution is 0.481. The van der Waals surface area contributed by atoms with Crippen molar-refractivity contribution in [2.24, 2.45) is 0 Å². The van der Waals surface area contributed by atoms with Gasteiger partial charge in [-0.15, -0.1) is 0 Å². The van der Waals surface area contributed by atoms with Crippen molar-refractivity contribution in [3.63, 3.8) is 0 Å². The molecule has 1 atom stereocenters. The molecule has 1 heterocycles. The molecule has 0 saturated carbocycles. The zero-order valence-corrected chi connectivity index (χ0v) is 9.77. The summed E-state index contributed by atoms with van der Waals surface area (Å²) in [5, 5.41) is 0.789. The minimum absolute atomic E-state index is 0.664. The molecule has 0 radical (unpaired) electrons. The van der Waals surface area contributed by atoms with Gasteiger partial charge in [-0.25, -0.2) is 0 Å². The number of rotatable bonds is 1. The molecule has 1 aliphatic rings. The summed E-state index contributed by atoms with van der Waals surface area (Å²) in [6.45, 7) is 3.39. The van der Waals surface area contributed by atoms with Crippen molar-refractivity contribution < 1.29 is 0 Å². The maximum Gasteiger partial charge on any atom is 0.0568 e. The van der Waals surface area contributed by atoms with Crippen molar-refractivity contribution in [2.75, 3.05) is 11.4 Å². The Labute approximate surface area is 91.8 Å². The minimum Gasteiger partial charge on any atom is -0.369 e. The van der Waals surface area contributed by atoms with E-state index in [0.29, 0.717) is 6.04 Å². The third kappa shape index (κ3) is 1.70. The summed E-state index contributed by atoms with van der Waals surface area (Å²) in [6.07, 6.45) is 1.29. The number of hydrogen-bond donors (Lipinski definition) is 0. The van der Waals surface area contributed by atoms with Gasteiger partial charge in [0, 0.05) is 22.7 Å². The predicted octanol–water partition coefficient (Wildman–Crippen LogP) is 3.70. The van der Waals surface area contributed by atoms with Gasteiger partial charge in [0.15, 0.2) is 0 Å². The summed E-state index contributed by atoms with van der Waals surface area (Å²) in [7, 11) is 0. The molecule has 1 unspecified atom stereocenters. The minimum atomic E-state index is 0.664. The van der Waals surface area contributed by atoms with E-state index in [4.69, 9.17) is 11.6 Å². The van der Waals surface area contributed by atoms with Crippen molar-refractivity contribution in [3.05, 3.63) is 27.7 Å². The van der Waals surface area contributed by atoms with E-state index in [1.165, 1.54) is 12.1 Å². The molecule has 0 aliphatic carbocycles. The van der Waals surface area contributed by atoms with Gasteiger partial charge in [0.05, 0.1) is 5.02 Å². The Balaban J connectivity index is 2.26. The lowest BCUT2D eigenvalue weighted by Crippen LogP contribution is -2.45. The average molecular weight is 261 g/mol. The molecule has 1 saturated heterocycles. The second kappa shape index (κ2) is 3.50. The maximum absolute atomic E-state index is 6.01. The molecule has 0 amide bonds. The van der Waals surface area contributed by atoms with Gasteiger partial charge in [-0.1, -0.05) is 11.6 Å². The van der Waals surface area contributed by atoms with E-state index in [-0.39, 0.29) is 0 Å². The van der Waals surface area contributed by atoms with Crippen molar-refractivity contribution in [3.8, 4) is 0 Å². The summed E-state index contributed by atoms with van der Waals surface area (Å²) in [4.78, 5) is 2.36. The van der Waals surface area contributed by atoms with Crippen molar-refractivity contribution in [2.45, 2.75) is 19.4 Å². The fourth-order valence-corrected chi connectivity index (χ4v) is 1.99. The molecular weight excluding hydrogens is 249 g/mol. The third-order valence-corrected chi connectivity index (χ3v) is 3.79. The van der Waals surface area contributed by atoms with Crippen molar-refractivity contribution >= 4 is 33.2 Å². The molecular formula is C10H11BrClN. The van der Waals surface area contributed by atoms with E-state index in [2.05, 4.69) is 33.8 Å². The average Bonchev–Trinajstić information content (AvgIpc) is 2.09. The Bertz CT molecular complexity index is 327. The molecule has 13 heavy (non-hydrogen) atoms. The van der Waals surface area contributed by atoms with Gasteiger partial charge in [0.25, 0.3) is 0 Å². The zero-order valence-electron chi connectivity index (χ0n) is 7.43. The summed E-state index contributed by atoms with van der Waals surface area (Å²) in [6, 6.07) is 6.78. The lowest BCUT2D eigenvalue weighted by atomic mass is 10.0. The van der Waals surface area contributed by atoms with Crippen LogP contribution >= 0.6 is 27.5 Å². The Kier molecular flexibility index (Phi) is 2.52. The van der Waals surface area contributed by atoms with Gasteiger partial charge < -0.3 is 4.90 Å². The Morgan fingerprint density at radius 2 is 2.31 bits per heavy atom. The Hall–Kier alpha value is -0.210. The van der Waals surface area contributed by atoms with Gasteiger partial charge in [-0.2, -0.15) is 0 Å². The third-order valence-electron chi connectivity index (χ3n) is 2.55. The molecule has 70 valence electrons. The molecule has 1 aromatic rings. The van der Waals surface area contributed by atoms with Crippen LogP contribution in [0.2, 0.25) is 5.02 Å². The molecule has 1 aliphatic heterocycles. The summed E-state index contributed by atoms with van der Waals surface area (Å²) in [5.74, 6) is 0. The molecule has 3 heteroatoms. The van der Waals surface area contributed by atoms with Gasteiger partial charge in [-0.05, 0) is 47.5 Å². The number of benzene rings is 1. The highest BCUT2D eigenvalue weighted by Crippen LogP contribution is 2.31. The number of hydrogen-bond acceptors (Lipinski definition) is 1. The Morgan fingerprint density at radius 3 is 2.77 bits per heavy atom. The van der Waals surface area contributed by atoms with Crippen LogP contribution in [0.1, 0.15) is 13.3 Å². The Morgan fingerprint density at radius 1 is 1.54 bits per heavy atom. The normalized spacial score (nSPS) is 21.5. The predicted molar refractivity (Wildman–Crippen MR) is 60.6 cm³/mol. The van der Waals surface area contributed by atoms with E-state index in [1.54, 1.807) is 0 Å². The first kappa shape index (κ1) is 9.35. The molecule has 2 rings (SSSR count). The first-order chi connectivity index (χ1) is 6.18. The summed E-state index contributed by atoms with van der Waals surface area (Å²) in [5.41, 5.74) is 1.23. The molecule has 1 nitrogen and oxygen atoms in total. The van der Waals surface area contributed by atoms with E-state index >= 15 is 0 Å². The smallest absolute Gasteiger partial charge is 0.0568 e. The highest BCUT2D eigenvalue weighted by molar-refractivity contribution is 9.10. The van der Waals surface area contributed by atoms with Crippen LogP contribution < -0.4 is 4.90 Å². The number of anilines is 1. The van der Waals surface area contributed by atoms with Crippen molar-refractivity contribution in [1.82, 2.24) is 0 Å². The van der Waals surface area contributed by atoms with Crippen LogP contribution in [-0.2, 0) is 0 Å². The van der Waals surface area contributed by atoms with E-state index in [0.717, 1.165) is 16.0 Å². The van der Waals surface area contributed by atoms with Crippen LogP contribution in [0.15, 0.2) is 22.7 Å². The van der Waals surface area contributed by atoms with Crippen LogP contribution in [0.4, 0.5) is 5.69 Å². The maximum atomic E-state index is 6.01. The van der Waals surface area contributed by atoms with Gasteiger partial charge in [0.2, 0.25) is 0 Å².